The summed E-state index contributed by atoms with van der Waals surface area (Å²) >= 11 is 0. The second-order valence-corrected chi connectivity index (χ2v) is 7.59. The van der Waals surface area contributed by atoms with Gasteiger partial charge in [-0.05, 0) is 35.7 Å². The van der Waals surface area contributed by atoms with E-state index in [9.17, 15) is 14.0 Å². The van der Waals surface area contributed by atoms with Crippen molar-refractivity contribution in [1.82, 2.24) is 20.5 Å². The van der Waals surface area contributed by atoms with E-state index >= 15 is 0 Å². The van der Waals surface area contributed by atoms with Gasteiger partial charge in [-0.1, -0.05) is 38.1 Å². The second kappa shape index (κ2) is 10.5. The van der Waals surface area contributed by atoms with E-state index in [2.05, 4.69) is 34.3 Å². The van der Waals surface area contributed by atoms with Crippen molar-refractivity contribution < 1.29 is 13.9 Å². The van der Waals surface area contributed by atoms with Gasteiger partial charge in [-0.2, -0.15) is 0 Å². The SMILES string of the molecule is CC(C)COc1cccc(-c2nnc(CCC(=O)NCc3ccc(F)cc3)c(=O)[nH]2)c1. The van der Waals surface area contributed by atoms with Crippen LogP contribution in [0.4, 0.5) is 4.39 Å². The lowest BCUT2D eigenvalue weighted by atomic mass is 10.2. The molecule has 2 aromatic carbocycles. The molecule has 0 atom stereocenters. The summed E-state index contributed by atoms with van der Waals surface area (Å²) in [6.45, 7) is 5.01. The Morgan fingerprint density at radius 2 is 1.94 bits per heavy atom. The summed E-state index contributed by atoms with van der Waals surface area (Å²) in [4.78, 5) is 27.1. The van der Waals surface area contributed by atoms with E-state index in [4.69, 9.17) is 4.74 Å². The molecule has 2 N–H and O–H groups in total. The highest BCUT2D eigenvalue weighted by molar-refractivity contribution is 5.76. The number of amides is 1. The largest absolute Gasteiger partial charge is 0.493 e. The summed E-state index contributed by atoms with van der Waals surface area (Å²) in [6.07, 6.45) is 0.256. The van der Waals surface area contributed by atoms with Gasteiger partial charge in [0.25, 0.3) is 5.56 Å². The van der Waals surface area contributed by atoms with E-state index in [0.29, 0.717) is 29.7 Å². The van der Waals surface area contributed by atoms with E-state index in [-0.39, 0.29) is 42.4 Å². The van der Waals surface area contributed by atoms with Crippen LogP contribution in [0, 0.1) is 11.7 Å². The first kappa shape index (κ1) is 22.1. The van der Waals surface area contributed by atoms with Crippen molar-refractivity contribution in [2.75, 3.05) is 6.61 Å². The van der Waals surface area contributed by atoms with Gasteiger partial charge in [0.1, 0.15) is 17.3 Å². The number of nitrogens with zero attached hydrogens (tertiary/aromatic N) is 2. The van der Waals surface area contributed by atoms with Crippen LogP contribution in [0.25, 0.3) is 11.4 Å². The number of carbonyl (C=O) groups excluding carboxylic acids is 1. The molecular weight excluding hydrogens is 399 g/mol. The monoisotopic (exact) mass is 424 g/mol. The third kappa shape index (κ3) is 6.74. The number of rotatable bonds is 9. The number of ether oxygens (including phenoxy) is 1. The minimum atomic E-state index is -0.384. The van der Waals surface area contributed by atoms with Gasteiger partial charge >= 0.3 is 0 Å². The Labute approximate surface area is 179 Å². The van der Waals surface area contributed by atoms with Gasteiger partial charge < -0.3 is 15.0 Å². The zero-order chi connectivity index (χ0) is 22.2. The quantitative estimate of drug-likeness (QED) is 0.550. The van der Waals surface area contributed by atoms with Crippen LogP contribution < -0.4 is 15.6 Å². The van der Waals surface area contributed by atoms with Crippen molar-refractivity contribution in [2.45, 2.75) is 33.2 Å². The van der Waals surface area contributed by atoms with Crippen molar-refractivity contribution in [3.8, 4) is 17.1 Å². The number of nitrogens with one attached hydrogen (secondary N) is 2. The lowest BCUT2D eigenvalue weighted by molar-refractivity contribution is -0.121. The Kier molecular flexibility index (Phi) is 7.48. The molecule has 0 spiro atoms. The first-order valence-corrected chi connectivity index (χ1v) is 10.1. The summed E-state index contributed by atoms with van der Waals surface area (Å²) < 4.78 is 18.6. The van der Waals surface area contributed by atoms with Crippen LogP contribution >= 0.6 is 0 Å². The molecule has 162 valence electrons. The van der Waals surface area contributed by atoms with Crippen LogP contribution in [0.15, 0.2) is 53.3 Å². The lowest BCUT2D eigenvalue weighted by Crippen LogP contribution is -2.25. The summed E-state index contributed by atoms with van der Waals surface area (Å²) in [5.41, 5.74) is 1.28. The van der Waals surface area contributed by atoms with Crippen LogP contribution in [0.5, 0.6) is 5.75 Å². The number of carbonyl (C=O) groups is 1. The molecule has 0 bridgehead atoms. The van der Waals surface area contributed by atoms with Crippen molar-refractivity contribution in [1.29, 1.82) is 0 Å². The molecule has 1 heterocycles. The number of benzene rings is 2. The first-order valence-electron chi connectivity index (χ1n) is 10.1. The smallest absolute Gasteiger partial charge is 0.273 e. The summed E-state index contributed by atoms with van der Waals surface area (Å²) in [6, 6.07) is 13.2. The average molecular weight is 424 g/mol. The molecule has 1 amide bonds. The van der Waals surface area contributed by atoms with E-state index in [1.165, 1.54) is 12.1 Å². The minimum absolute atomic E-state index is 0.0941. The number of aromatic nitrogens is 3. The molecule has 7 nitrogen and oxygen atoms in total. The van der Waals surface area contributed by atoms with Crippen LogP contribution in [-0.4, -0.2) is 27.7 Å². The van der Waals surface area contributed by atoms with Gasteiger partial charge in [-0.3, -0.25) is 9.59 Å². The Bertz CT molecular complexity index is 1080. The number of aryl methyl sites for hydroxylation is 1. The Morgan fingerprint density at radius 3 is 2.65 bits per heavy atom. The van der Waals surface area contributed by atoms with Gasteiger partial charge in [0.2, 0.25) is 5.91 Å². The molecule has 0 aliphatic heterocycles. The molecule has 3 aromatic rings. The fourth-order valence-electron chi connectivity index (χ4n) is 2.77. The normalized spacial score (nSPS) is 10.8. The highest BCUT2D eigenvalue weighted by Crippen LogP contribution is 2.20. The molecule has 0 fully saturated rings. The molecule has 0 saturated heterocycles. The molecule has 3 rings (SSSR count). The molecule has 31 heavy (non-hydrogen) atoms. The number of H-pyrrole nitrogens is 1. The molecule has 0 unspecified atom stereocenters. The molecular formula is C23H25FN4O3. The first-order chi connectivity index (χ1) is 14.9. The predicted molar refractivity (Wildman–Crippen MR) is 115 cm³/mol. The van der Waals surface area contributed by atoms with Crippen LogP contribution in [0.1, 0.15) is 31.5 Å². The molecule has 8 heteroatoms. The van der Waals surface area contributed by atoms with E-state index < -0.39 is 0 Å². The summed E-state index contributed by atoms with van der Waals surface area (Å²) in [7, 11) is 0. The number of hydrogen-bond acceptors (Lipinski definition) is 5. The Balaban J connectivity index is 1.57. The Hall–Kier alpha value is -3.55. The van der Waals surface area contributed by atoms with Crippen LogP contribution in [0.2, 0.25) is 0 Å². The molecule has 0 aliphatic carbocycles. The van der Waals surface area contributed by atoms with Gasteiger partial charge in [0.15, 0.2) is 5.82 Å². The van der Waals surface area contributed by atoms with Crippen LogP contribution in [0.3, 0.4) is 0 Å². The average Bonchev–Trinajstić information content (AvgIpc) is 2.76. The standard InChI is InChI=1S/C23H25FN4O3/c1-15(2)14-31-19-5-3-4-17(12-19)22-26-23(30)20(27-28-22)10-11-21(29)25-13-16-6-8-18(24)9-7-16/h3-9,12,15H,10-11,13-14H2,1-2H3,(H,25,29)(H,26,28,30). The number of aromatic amines is 1. The third-order valence-electron chi connectivity index (χ3n) is 4.45. The molecule has 1 aromatic heterocycles. The fraction of sp³-hybridized carbons (Fsp3) is 0.304. The van der Waals surface area contributed by atoms with Crippen molar-refractivity contribution in [3.63, 3.8) is 0 Å². The lowest BCUT2D eigenvalue weighted by Gasteiger charge is -2.09. The van der Waals surface area contributed by atoms with Gasteiger partial charge in [-0.15, -0.1) is 10.2 Å². The van der Waals surface area contributed by atoms with E-state index in [0.717, 1.165) is 5.56 Å². The maximum atomic E-state index is 12.9. The van der Waals surface area contributed by atoms with Gasteiger partial charge in [0.05, 0.1) is 6.61 Å². The molecule has 0 radical (unpaired) electrons. The maximum Gasteiger partial charge on any atom is 0.273 e. The van der Waals surface area contributed by atoms with Crippen molar-refractivity contribution in [3.05, 3.63) is 76.0 Å². The van der Waals surface area contributed by atoms with Gasteiger partial charge in [0, 0.05) is 24.9 Å². The predicted octanol–water partition coefficient (Wildman–Crippen LogP) is 3.25. The highest BCUT2D eigenvalue weighted by Gasteiger charge is 2.10. The summed E-state index contributed by atoms with van der Waals surface area (Å²) in [5, 5.41) is 10.8. The Morgan fingerprint density at radius 1 is 1.16 bits per heavy atom. The summed E-state index contributed by atoms with van der Waals surface area (Å²) in [5.74, 6) is 0.867. The highest BCUT2D eigenvalue weighted by atomic mass is 19.1. The number of hydrogen-bond donors (Lipinski definition) is 2. The van der Waals surface area contributed by atoms with Crippen molar-refractivity contribution in [2.24, 2.45) is 5.92 Å². The zero-order valence-electron chi connectivity index (χ0n) is 17.5. The topological polar surface area (TPSA) is 97.0 Å². The zero-order valence-corrected chi connectivity index (χ0v) is 17.5. The van der Waals surface area contributed by atoms with Crippen LogP contribution in [-0.2, 0) is 17.8 Å². The molecule has 0 aliphatic rings. The van der Waals surface area contributed by atoms with E-state index in [1.807, 2.05) is 18.2 Å². The number of halogens is 1. The van der Waals surface area contributed by atoms with Crippen molar-refractivity contribution >= 4 is 5.91 Å². The third-order valence-corrected chi connectivity index (χ3v) is 4.45. The minimum Gasteiger partial charge on any atom is -0.493 e. The fourth-order valence-corrected chi connectivity index (χ4v) is 2.77. The second-order valence-electron chi connectivity index (χ2n) is 7.59. The van der Waals surface area contributed by atoms with Gasteiger partial charge in [-0.25, -0.2) is 4.39 Å². The maximum absolute atomic E-state index is 12.9. The molecule has 0 saturated carbocycles. The van der Waals surface area contributed by atoms with E-state index in [1.54, 1.807) is 18.2 Å².